The van der Waals surface area contributed by atoms with Gasteiger partial charge in [0.25, 0.3) is 10.0 Å². The van der Waals surface area contributed by atoms with Crippen LogP contribution in [-0.4, -0.2) is 21.4 Å². The fourth-order valence-electron chi connectivity index (χ4n) is 2.23. The Morgan fingerprint density at radius 2 is 1.80 bits per heavy atom. The summed E-state index contributed by atoms with van der Waals surface area (Å²) >= 11 is 0. The fourth-order valence-corrected chi connectivity index (χ4v) is 3.28. The highest BCUT2D eigenvalue weighted by atomic mass is 32.2. The van der Waals surface area contributed by atoms with Crippen LogP contribution in [0, 0.1) is 6.92 Å². The number of sulfonamides is 1. The summed E-state index contributed by atoms with van der Waals surface area (Å²) in [5.74, 6) is 0.266. The number of anilines is 2. The van der Waals surface area contributed by atoms with Crippen molar-refractivity contribution in [2.75, 3.05) is 17.1 Å². The molecule has 0 fully saturated rings. The fraction of sp³-hybridized carbons (Fsp3) is 0.278. The predicted molar refractivity (Wildman–Crippen MR) is 98.5 cm³/mol. The van der Waals surface area contributed by atoms with E-state index < -0.39 is 10.0 Å². The van der Waals surface area contributed by atoms with E-state index in [0.717, 1.165) is 12.0 Å². The Labute approximate surface area is 148 Å². The lowest BCUT2D eigenvalue weighted by Crippen LogP contribution is -2.14. The summed E-state index contributed by atoms with van der Waals surface area (Å²) in [6.07, 6.45) is 1.15. The number of methoxy groups -OCH3 is 1. The first-order chi connectivity index (χ1) is 11.9. The van der Waals surface area contributed by atoms with Gasteiger partial charge in [-0.1, -0.05) is 24.6 Å². The molecule has 0 aromatic heterocycles. The average Bonchev–Trinajstić information content (AvgIpc) is 2.56. The Hall–Kier alpha value is -2.54. The largest absolute Gasteiger partial charge is 0.494 e. The standard InChI is InChI=1S/C18H22N2O4S/c1-4-5-18(21)19-16-11-8-14(12-17(16)24-3)20-25(22,23)15-9-6-13(2)7-10-15/h6-12,20H,4-5H2,1-3H3,(H,19,21). The lowest BCUT2D eigenvalue weighted by atomic mass is 10.2. The van der Waals surface area contributed by atoms with E-state index in [9.17, 15) is 13.2 Å². The van der Waals surface area contributed by atoms with Crippen molar-refractivity contribution in [3.63, 3.8) is 0 Å². The van der Waals surface area contributed by atoms with E-state index >= 15 is 0 Å². The van der Waals surface area contributed by atoms with Gasteiger partial charge >= 0.3 is 0 Å². The first-order valence-corrected chi connectivity index (χ1v) is 9.41. The van der Waals surface area contributed by atoms with Crippen LogP contribution in [0.2, 0.25) is 0 Å². The van der Waals surface area contributed by atoms with Crippen LogP contribution in [0.1, 0.15) is 25.3 Å². The van der Waals surface area contributed by atoms with Crippen molar-refractivity contribution in [1.82, 2.24) is 0 Å². The van der Waals surface area contributed by atoms with Crippen LogP contribution in [0.15, 0.2) is 47.4 Å². The first-order valence-electron chi connectivity index (χ1n) is 7.93. The molecule has 1 amide bonds. The molecule has 0 bridgehead atoms. The van der Waals surface area contributed by atoms with E-state index in [1.807, 2.05) is 13.8 Å². The summed E-state index contributed by atoms with van der Waals surface area (Å²) in [4.78, 5) is 11.9. The third kappa shape index (κ3) is 4.96. The highest BCUT2D eigenvalue weighted by molar-refractivity contribution is 7.92. The second-order valence-corrected chi connectivity index (χ2v) is 7.31. The SMILES string of the molecule is CCCC(=O)Nc1ccc(NS(=O)(=O)c2ccc(C)cc2)cc1OC. The molecule has 2 aromatic carbocycles. The molecule has 2 aromatic rings. The predicted octanol–water partition coefficient (Wildman–Crippen LogP) is 3.54. The number of carbonyl (C=O) groups is 1. The van der Waals surface area contributed by atoms with Crippen molar-refractivity contribution in [3.8, 4) is 5.75 Å². The monoisotopic (exact) mass is 362 g/mol. The van der Waals surface area contributed by atoms with E-state index in [4.69, 9.17) is 4.74 Å². The lowest BCUT2D eigenvalue weighted by molar-refractivity contribution is -0.116. The van der Waals surface area contributed by atoms with Gasteiger partial charge in [0.2, 0.25) is 5.91 Å². The van der Waals surface area contributed by atoms with Crippen LogP contribution in [0.25, 0.3) is 0 Å². The third-order valence-corrected chi connectivity index (χ3v) is 4.93. The molecule has 0 saturated heterocycles. The van der Waals surface area contributed by atoms with Gasteiger partial charge in [0.05, 0.1) is 23.4 Å². The molecule has 0 radical (unpaired) electrons. The highest BCUT2D eigenvalue weighted by Crippen LogP contribution is 2.29. The minimum atomic E-state index is -3.69. The van der Waals surface area contributed by atoms with Crippen LogP contribution < -0.4 is 14.8 Å². The van der Waals surface area contributed by atoms with E-state index in [-0.39, 0.29) is 10.8 Å². The lowest BCUT2D eigenvalue weighted by Gasteiger charge is -2.13. The summed E-state index contributed by atoms with van der Waals surface area (Å²) in [6, 6.07) is 11.3. The van der Waals surface area contributed by atoms with Gasteiger partial charge in [-0.3, -0.25) is 9.52 Å². The van der Waals surface area contributed by atoms with Gasteiger partial charge in [-0.05, 0) is 37.6 Å². The zero-order chi connectivity index (χ0) is 18.4. The molecule has 0 unspecified atom stereocenters. The zero-order valence-corrected chi connectivity index (χ0v) is 15.3. The number of hydrogen-bond acceptors (Lipinski definition) is 4. The van der Waals surface area contributed by atoms with Crippen LogP contribution in [-0.2, 0) is 14.8 Å². The van der Waals surface area contributed by atoms with Crippen LogP contribution in [0.3, 0.4) is 0 Å². The summed E-state index contributed by atoms with van der Waals surface area (Å²) < 4.78 is 32.6. The Morgan fingerprint density at radius 1 is 1.12 bits per heavy atom. The summed E-state index contributed by atoms with van der Waals surface area (Å²) in [6.45, 7) is 3.81. The maximum absolute atomic E-state index is 12.4. The molecule has 0 spiro atoms. The molecule has 0 aliphatic heterocycles. The second-order valence-electron chi connectivity index (χ2n) is 5.63. The van der Waals surface area contributed by atoms with Gasteiger partial charge < -0.3 is 10.1 Å². The van der Waals surface area contributed by atoms with Gasteiger partial charge in [0.1, 0.15) is 5.75 Å². The third-order valence-electron chi connectivity index (χ3n) is 3.54. The molecule has 0 atom stereocenters. The molecule has 2 rings (SSSR count). The number of benzene rings is 2. The minimum absolute atomic E-state index is 0.117. The maximum atomic E-state index is 12.4. The first kappa shape index (κ1) is 18.8. The van der Waals surface area contributed by atoms with Crippen LogP contribution in [0.4, 0.5) is 11.4 Å². The van der Waals surface area contributed by atoms with Crippen molar-refractivity contribution >= 4 is 27.3 Å². The maximum Gasteiger partial charge on any atom is 0.261 e. The van der Waals surface area contributed by atoms with Crippen molar-refractivity contribution < 1.29 is 17.9 Å². The molecule has 0 aliphatic rings. The van der Waals surface area contributed by atoms with Crippen LogP contribution >= 0.6 is 0 Å². The van der Waals surface area contributed by atoms with Gasteiger partial charge in [-0.25, -0.2) is 8.42 Å². The quantitative estimate of drug-likeness (QED) is 0.789. The number of hydrogen-bond donors (Lipinski definition) is 2. The Morgan fingerprint density at radius 3 is 2.40 bits per heavy atom. The minimum Gasteiger partial charge on any atom is -0.494 e. The summed E-state index contributed by atoms with van der Waals surface area (Å²) in [5, 5.41) is 2.75. The Bertz CT molecular complexity index is 846. The smallest absolute Gasteiger partial charge is 0.261 e. The van der Waals surface area contributed by atoms with Gasteiger partial charge in [0, 0.05) is 12.5 Å². The van der Waals surface area contributed by atoms with Crippen LogP contribution in [0.5, 0.6) is 5.75 Å². The molecule has 7 heteroatoms. The van der Waals surface area contributed by atoms with E-state index in [2.05, 4.69) is 10.0 Å². The Balaban J connectivity index is 2.22. The number of aryl methyl sites for hydroxylation is 1. The van der Waals surface area contributed by atoms with Gasteiger partial charge in [0.15, 0.2) is 0 Å². The van der Waals surface area contributed by atoms with Crippen molar-refractivity contribution in [2.24, 2.45) is 0 Å². The van der Waals surface area contributed by atoms with Gasteiger partial charge in [-0.2, -0.15) is 0 Å². The van der Waals surface area contributed by atoms with E-state index in [0.29, 0.717) is 23.5 Å². The van der Waals surface area contributed by atoms with Crippen molar-refractivity contribution in [3.05, 3.63) is 48.0 Å². The molecular weight excluding hydrogens is 340 g/mol. The number of ether oxygens (including phenoxy) is 1. The summed E-state index contributed by atoms with van der Waals surface area (Å²) in [7, 11) is -2.23. The molecule has 25 heavy (non-hydrogen) atoms. The van der Waals surface area contributed by atoms with Crippen molar-refractivity contribution in [2.45, 2.75) is 31.6 Å². The number of rotatable bonds is 7. The molecule has 0 heterocycles. The van der Waals surface area contributed by atoms with Gasteiger partial charge in [-0.15, -0.1) is 0 Å². The molecule has 134 valence electrons. The number of amides is 1. The van der Waals surface area contributed by atoms with E-state index in [1.54, 1.807) is 36.4 Å². The molecular formula is C18H22N2O4S. The molecule has 6 nitrogen and oxygen atoms in total. The number of nitrogens with one attached hydrogen (secondary N) is 2. The average molecular weight is 362 g/mol. The topological polar surface area (TPSA) is 84.5 Å². The highest BCUT2D eigenvalue weighted by Gasteiger charge is 2.15. The number of carbonyl (C=O) groups excluding carboxylic acids is 1. The Kier molecular flexibility index (Phi) is 6.03. The van der Waals surface area contributed by atoms with Crippen molar-refractivity contribution in [1.29, 1.82) is 0 Å². The normalized spacial score (nSPS) is 11.0. The molecule has 2 N–H and O–H groups in total. The second kappa shape index (κ2) is 8.02. The van der Waals surface area contributed by atoms with E-state index in [1.165, 1.54) is 13.2 Å². The molecule has 0 aliphatic carbocycles. The zero-order valence-electron chi connectivity index (χ0n) is 14.5. The summed E-state index contributed by atoms with van der Waals surface area (Å²) in [5.41, 5.74) is 1.83. The molecule has 0 saturated carbocycles.